The zero-order chi connectivity index (χ0) is 17.1. The predicted octanol–water partition coefficient (Wildman–Crippen LogP) is 4.40. The molecular weight excluding hydrogens is 312 g/mol. The second-order valence-electron chi connectivity index (χ2n) is 6.16. The van der Waals surface area contributed by atoms with E-state index in [9.17, 15) is 5.21 Å². The van der Waals surface area contributed by atoms with Crippen molar-refractivity contribution in [1.29, 1.82) is 0 Å². The van der Waals surface area contributed by atoms with E-state index >= 15 is 0 Å². The molecule has 0 aliphatic heterocycles. The fourth-order valence-electron chi connectivity index (χ4n) is 3.25. The molecule has 2 N–H and O–H groups in total. The summed E-state index contributed by atoms with van der Waals surface area (Å²) in [5.74, 6) is 0. The number of benzene rings is 2. The first-order chi connectivity index (χ1) is 12.3. The zero-order valence-electron chi connectivity index (χ0n) is 13.9. The van der Waals surface area contributed by atoms with Crippen molar-refractivity contribution in [2.45, 2.75) is 12.8 Å². The van der Waals surface area contributed by atoms with Crippen LogP contribution in [0.15, 0.2) is 66.0 Å². The Morgan fingerprint density at radius 1 is 0.800 bits per heavy atom. The van der Waals surface area contributed by atoms with Crippen molar-refractivity contribution in [2.75, 3.05) is 13.1 Å². The maximum atomic E-state index is 12.0. The van der Waals surface area contributed by atoms with Crippen LogP contribution in [0.4, 0.5) is 0 Å². The molecule has 0 fully saturated rings. The van der Waals surface area contributed by atoms with Crippen LogP contribution in [-0.2, 0) is 12.8 Å². The number of nitrogens with zero attached hydrogens (tertiary/aromatic N) is 2. The van der Waals surface area contributed by atoms with E-state index in [0.29, 0.717) is 19.5 Å². The van der Waals surface area contributed by atoms with Crippen molar-refractivity contribution in [3.8, 4) is 0 Å². The van der Waals surface area contributed by atoms with Crippen LogP contribution in [0.1, 0.15) is 11.1 Å². The van der Waals surface area contributed by atoms with Gasteiger partial charge in [-0.15, -0.1) is 0 Å². The molecule has 0 aliphatic carbocycles. The molecule has 2 heterocycles. The minimum atomic E-state index is 0.371. The van der Waals surface area contributed by atoms with Crippen molar-refractivity contribution >= 4 is 21.8 Å². The molecule has 0 saturated heterocycles. The van der Waals surface area contributed by atoms with E-state index in [4.69, 9.17) is 0 Å². The zero-order valence-corrected chi connectivity index (χ0v) is 13.9. The number of hydrogen-bond acceptors (Lipinski definition) is 2. The summed E-state index contributed by atoms with van der Waals surface area (Å²) >= 11 is 0. The molecule has 5 nitrogen and oxygen atoms in total. The summed E-state index contributed by atoms with van der Waals surface area (Å²) in [7, 11) is 0. The Kier molecular flexibility index (Phi) is 4.21. The van der Waals surface area contributed by atoms with Gasteiger partial charge >= 0.3 is 0 Å². The Balaban J connectivity index is 1.36. The summed E-state index contributed by atoms with van der Waals surface area (Å²) in [6, 6.07) is 16.3. The summed E-state index contributed by atoms with van der Waals surface area (Å²) in [6.07, 6.45) is 5.42. The number of hydrogen-bond donors (Lipinski definition) is 2. The Hall–Kier alpha value is -3.08. The molecule has 2 aromatic carbocycles. The van der Waals surface area contributed by atoms with Crippen molar-refractivity contribution < 1.29 is 4.86 Å². The van der Waals surface area contributed by atoms with Gasteiger partial charge in [-0.1, -0.05) is 41.3 Å². The summed E-state index contributed by atoms with van der Waals surface area (Å²) in [5.41, 5.74) is 4.58. The summed E-state index contributed by atoms with van der Waals surface area (Å²) in [5, 5.41) is 18.5. The average molecular weight is 332 g/mol. The second-order valence-corrected chi connectivity index (χ2v) is 6.16. The maximum Gasteiger partial charge on any atom is 0.184 e. The molecule has 5 heteroatoms. The molecule has 126 valence electrons. The summed E-state index contributed by atoms with van der Waals surface area (Å²) < 4.78 is 0. The van der Waals surface area contributed by atoms with Crippen LogP contribution in [0.3, 0.4) is 0 Å². The lowest BCUT2D eigenvalue weighted by molar-refractivity contribution is -0.529. The molecule has 0 unspecified atom stereocenters. The van der Waals surface area contributed by atoms with Gasteiger partial charge in [0, 0.05) is 40.6 Å². The van der Waals surface area contributed by atoms with Crippen LogP contribution in [0, 0.1) is 5.21 Å². The summed E-state index contributed by atoms with van der Waals surface area (Å²) in [4.78, 5) is 7.30. The second kappa shape index (κ2) is 6.81. The highest BCUT2D eigenvalue weighted by Crippen LogP contribution is 2.19. The largest absolute Gasteiger partial charge is 0.600 e. The number of H-pyrrole nitrogens is 2. The third kappa shape index (κ3) is 3.26. The Labute approximate surface area is 145 Å². The topological polar surface area (TPSA) is 70.0 Å². The lowest BCUT2D eigenvalue weighted by Gasteiger charge is -2.01. The van der Waals surface area contributed by atoms with Crippen molar-refractivity contribution in [3.05, 3.63) is 77.3 Å². The predicted molar refractivity (Wildman–Crippen MR) is 99.8 cm³/mol. The number of aromatic nitrogens is 2. The average Bonchev–Trinajstić information content (AvgIpc) is 3.24. The molecule has 4 aromatic rings. The van der Waals surface area contributed by atoms with Gasteiger partial charge in [0.1, 0.15) is 6.54 Å². The Morgan fingerprint density at radius 3 is 2.00 bits per heavy atom. The highest BCUT2D eigenvalue weighted by Gasteiger charge is 2.06. The highest BCUT2D eigenvalue weighted by atomic mass is 16.5. The standard InChI is InChI=1S/C20H20N4O/c25-24(12-10-16-14-22-20-8-4-2-6-18(16)20)23-11-9-15-13-21-19-7-3-1-5-17(15)19/h1-8,13-14,21-22H,9-12H2. The van der Waals surface area contributed by atoms with Gasteiger partial charge in [0.15, 0.2) is 6.54 Å². The van der Waals surface area contributed by atoms with E-state index in [-0.39, 0.29) is 0 Å². The number of azo groups is 1. The normalized spacial score (nSPS) is 12.2. The quantitative estimate of drug-likeness (QED) is 0.307. The van der Waals surface area contributed by atoms with Gasteiger partial charge in [-0.05, 0) is 34.8 Å². The Bertz CT molecular complexity index is 1030. The number of aromatic amines is 2. The first-order valence-corrected chi connectivity index (χ1v) is 8.53. The smallest absolute Gasteiger partial charge is 0.184 e. The van der Waals surface area contributed by atoms with E-state index in [0.717, 1.165) is 27.9 Å². The van der Waals surface area contributed by atoms with Gasteiger partial charge in [-0.25, -0.2) is 0 Å². The SMILES string of the molecule is [O-][N+](CCc1c[nH]c2ccccc12)=NCCc1c[nH]c2ccccc12. The van der Waals surface area contributed by atoms with Crippen molar-refractivity contribution in [3.63, 3.8) is 0 Å². The minimum absolute atomic E-state index is 0.371. The van der Waals surface area contributed by atoms with Crippen LogP contribution in [0.5, 0.6) is 0 Å². The number of hydroxylamine groups is 1. The molecule has 0 saturated carbocycles. The van der Waals surface area contributed by atoms with Crippen molar-refractivity contribution in [1.82, 2.24) is 9.97 Å². The molecule has 0 amide bonds. The molecule has 0 bridgehead atoms. The van der Waals surface area contributed by atoms with E-state index in [1.165, 1.54) is 16.3 Å². The van der Waals surface area contributed by atoms with Crippen LogP contribution in [0.2, 0.25) is 0 Å². The van der Waals surface area contributed by atoms with Crippen LogP contribution >= 0.6 is 0 Å². The molecule has 0 spiro atoms. The fraction of sp³-hybridized carbons (Fsp3) is 0.200. The molecule has 0 aliphatic rings. The first-order valence-electron chi connectivity index (χ1n) is 8.53. The van der Waals surface area contributed by atoms with E-state index in [1.54, 1.807) is 0 Å². The molecule has 0 atom stereocenters. The summed E-state index contributed by atoms with van der Waals surface area (Å²) in [6.45, 7) is 0.870. The molecule has 2 aromatic heterocycles. The Morgan fingerprint density at radius 2 is 1.36 bits per heavy atom. The molecule has 4 rings (SSSR count). The maximum absolute atomic E-state index is 12.0. The first kappa shape index (κ1) is 15.4. The van der Waals surface area contributed by atoms with Crippen LogP contribution < -0.4 is 0 Å². The van der Waals surface area contributed by atoms with Gasteiger partial charge in [0.05, 0.1) is 0 Å². The number of rotatable bonds is 6. The van der Waals surface area contributed by atoms with E-state index in [2.05, 4.69) is 33.3 Å². The van der Waals surface area contributed by atoms with E-state index in [1.807, 2.05) is 42.7 Å². The van der Waals surface area contributed by atoms with Gasteiger partial charge < -0.3 is 15.2 Å². The minimum Gasteiger partial charge on any atom is -0.600 e. The number of nitrogens with one attached hydrogen (secondary N) is 2. The third-order valence-corrected chi connectivity index (χ3v) is 4.56. The van der Waals surface area contributed by atoms with E-state index < -0.39 is 0 Å². The molecular formula is C20H20N4O. The van der Waals surface area contributed by atoms with Crippen molar-refractivity contribution in [2.24, 2.45) is 5.11 Å². The van der Waals surface area contributed by atoms with Gasteiger partial charge in [0.25, 0.3) is 0 Å². The highest BCUT2D eigenvalue weighted by molar-refractivity contribution is 5.83. The van der Waals surface area contributed by atoms with Crippen LogP contribution in [0.25, 0.3) is 21.8 Å². The van der Waals surface area contributed by atoms with Gasteiger partial charge in [0.2, 0.25) is 0 Å². The van der Waals surface area contributed by atoms with Crippen LogP contribution in [-0.4, -0.2) is 27.9 Å². The lowest BCUT2D eigenvalue weighted by atomic mass is 10.1. The molecule has 0 radical (unpaired) electrons. The number of fused-ring (bicyclic) bond motifs is 2. The molecule has 25 heavy (non-hydrogen) atoms. The van der Waals surface area contributed by atoms with Gasteiger partial charge in [-0.2, -0.15) is 0 Å². The number of para-hydroxylation sites is 2. The monoisotopic (exact) mass is 332 g/mol. The van der Waals surface area contributed by atoms with Gasteiger partial charge in [-0.3, -0.25) is 0 Å². The lowest BCUT2D eigenvalue weighted by Crippen LogP contribution is -2.07. The third-order valence-electron chi connectivity index (χ3n) is 4.56. The fourth-order valence-corrected chi connectivity index (χ4v) is 3.25.